The number of nitrogens with zero attached hydrogens (tertiary/aromatic N) is 1. The molecule has 1 saturated heterocycles. The molecule has 0 unspecified atom stereocenters. The number of aryl methyl sites for hydroxylation is 2. The van der Waals surface area contributed by atoms with Crippen molar-refractivity contribution < 1.29 is 24.2 Å². The van der Waals surface area contributed by atoms with E-state index < -0.39 is 18.2 Å². The maximum absolute atomic E-state index is 12.6. The number of hydrogen-bond acceptors (Lipinski definition) is 5. The number of benzene rings is 1. The molecule has 6 heteroatoms. The van der Waals surface area contributed by atoms with Crippen molar-refractivity contribution in [1.29, 1.82) is 0 Å². The van der Waals surface area contributed by atoms with Gasteiger partial charge in [0.15, 0.2) is 0 Å². The molecule has 130 valence electrons. The first kappa shape index (κ1) is 17.0. The van der Waals surface area contributed by atoms with Gasteiger partial charge in [-0.3, -0.25) is 4.79 Å². The second kappa shape index (κ2) is 6.55. The van der Waals surface area contributed by atoms with Gasteiger partial charge in [-0.1, -0.05) is 12.1 Å². The molecule has 1 aromatic heterocycles. The molecule has 1 aromatic carbocycles. The number of hydrogen-bond donors (Lipinski definition) is 2. The van der Waals surface area contributed by atoms with Crippen molar-refractivity contribution in [2.45, 2.75) is 38.5 Å². The zero-order valence-corrected chi connectivity index (χ0v) is 14.2. The van der Waals surface area contributed by atoms with Crippen LogP contribution in [-0.4, -0.2) is 59.5 Å². The third kappa shape index (κ3) is 2.92. The molecule has 1 amide bonds. The van der Waals surface area contributed by atoms with Gasteiger partial charge >= 0.3 is 0 Å². The number of aliphatic hydroxyl groups excluding tert-OH is 2. The number of likely N-dealkylation sites (N-methyl/N-ethyl adjacent to an activating group) is 1. The van der Waals surface area contributed by atoms with Gasteiger partial charge in [0, 0.05) is 18.0 Å². The van der Waals surface area contributed by atoms with Crippen LogP contribution in [0.3, 0.4) is 0 Å². The number of carbonyl (C=O) groups excluding carboxylic acids is 1. The molecule has 1 fully saturated rings. The van der Waals surface area contributed by atoms with Crippen LogP contribution in [-0.2, 0) is 16.0 Å². The normalized spacial score (nSPS) is 24.3. The van der Waals surface area contributed by atoms with Crippen molar-refractivity contribution >= 4 is 16.9 Å². The molecule has 2 N–H and O–H groups in total. The first-order valence-electron chi connectivity index (χ1n) is 8.06. The van der Waals surface area contributed by atoms with Crippen LogP contribution in [0.25, 0.3) is 11.0 Å². The Labute approximate surface area is 140 Å². The van der Waals surface area contributed by atoms with E-state index in [4.69, 9.17) is 9.15 Å². The maximum Gasteiger partial charge on any atom is 0.227 e. The second-order valence-corrected chi connectivity index (χ2v) is 6.49. The quantitative estimate of drug-likeness (QED) is 0.881. The lowest BCUT2D eigenvalue weighted by Crippen LogP contribution is -2.56. The van der Waals surface area contributed by atoms with Gasteiger partial charge in [0.25, 0.3) is 0 Å². The van der Waals surface area contributed by atoms with Gasteiger partial charge in [0.05, 0.1) is 31.9 Å². The molecule has 1 aliphatic heterocycles. The highest BCUT2D eigenvalue weighted by atomic mass is 16.5. The van der Waals surface area contributed by atoms with Crippen molar-refractivity contribution in [3.63, 3.8) is 0 Å². The number of rotatable bonds is 3. The molecule has 0 saturated carbocycles. The lowest BCUT2D eigenvalue weighted by molar-refractivity contribution is -0.152. The van der Waals surface area contributed by atoms with E-state index in [1.807, 2.05) is 26.0 Å². The second-order valence-electron chi connectivity index (χ2n) is 6.49. The maximum atomic E-state index is 12.6. The van der Waals surface area contributed by atoms with E-state index in [1.165, 1.54) is 4.90 Å². The van der Waals surface area contributed by atoms with Gasteiger partial charge in [-0.2, -0.15) is 0 Å². The average Bonchev–Trinajstić information content (AvgIpc) is 2.96. The summed E-state index contributed by atoms with van der Waals surface area (Å²) >= 11 is 0. The largest absolute Gasteiger partial charge is 0.464 e. The summed E-state index contributed by atoms with van der Waals surface area (Å²) in [5, 5.41) is 20.7. The molecule has 0 bridgehead atoms. The van der Waals surface area contributed by atoms with Gasteiger partial charge in [-0.15, -0.1) is 0 Å². The number of ether oxygens (including phenoxy) is 1. The summed E-state index contributed by atoms with van der Waals surface area (Å²) in [7, 11) is 1.62. The van der Waals surface area contributed by atoms with Crippen molar-refractivity contribution in [3.05, 3.63) is 35.1 Å². The minimum absolute atomic E-state index is 0.0880. The number of furan rings is 1. The number of fused-ring (bicyclic) bond motifs is 1. The van der Waals surface area contributed by atoms with E-state index in [-0.39, 0.29) is 25.5 Å². The lowest BCUT2D eigenvalue weighted by atomic mass is 10.0. The van der Waals surface area contributed by atoms with Crippen molar-refractivity contribution in [1.82, 2.24) is 4.90 Å². The summed E-state index contributed by atoms with van der Waals surface area (Å²) in [4.78, 5) is 14.0. The van der Waals surface area contributed by atoms with Crippen LogP contribution in [0.4, 0.5) is 0 Å². The highest BCUT2D eigenvalue weighted by molar-refractivity contribution is 5.89. The number of carbonyl (C=O) groups is 1. The Morgan fingerprint density at radius 3 is 2.79 bits per heavy atom. The Morgan fingerprint density at radius 2 is 2.04 bits per heavy atom. The fourth-order valence-corrected chi connectivity index (χ4v) is 3.10. The third-order valence-corrected chi connectivity index (χ3v) is 4.94. The summed E-state index contributed by atoms with van der Waals surface area (Å²) in [6, 6.07) is 3.43. The molecule has 24 heavy (non-hydrogen) atoms. The minimum Gasteiger partial charge on any atom is -0.464 e. The van der Waals surface area contributed by atoms with Gasteiger partial charge in [-0.05, 0) is 25.0 Å². The Hall–Kier alpha value is -1.89. The molecule has 0 aliphatic carbocycles. The van der Waals surface area contributed by atoms with Crippen molar-refractivity contribution in [2.75, 3.05) is 20.3 Å². The smallest absolute Gasteiger partial charge is 0.227 e. The minimum atomic E-state index is -1.00. The third-order valence-electron chi connectivity index (χ3n) is 4.94. The first-order valence-corrected chi connectivity index (χ1v) is 8.06. The predicted octanol–water partition coefficient (Wildman–Crippen LogP) is 1.17. The molecule has 2 aromatic rings. The fourth-order valence-electron chi connectivity index (χ4n) is 3.10. The molecule has 0 radical (unpaired) electrons. The van der Waals surface area contributed by atoms with Crippen LogP contribution in [0.15, 0.2) is 22.8 Å². The topological polar surface area (TPSA) is 83.1 Å². The van der Waals surface area contributed by atoms with Crippen LogP contribution in [0.5, 0.6) is 0 Å². The summed E-state index contributed by atoms with van der Waals surface area (Å²) in [5.74, 6) is -0.155. The van der Waals surface area contributed by atoms with E-state index in [9.17, 15) is 15.0 Å². The van der Waals surface area contributed by atoms with Crippen LogP contribution in [0.2, 0.25) is 0 Å². The predicted molar refractivity (Wildman–Crippen MR) is 88.8 cm³/mol. The molecule has 2 heterocycles. The molecule has 6 nitrogen and oxygen atoms in total. The van der Waals surface area contributed by atoms with Crippen LogP contribution in [0.1, 0.15) is 16.7 Å². The Morgan fingerprint density at radius 1 is 1.29 bits per heavy atom. The standard InChI is InChI=1S/C18H23NO5/c1-10-4-5-13-12(7-24-18(13)11(10)2)6-16(21)19(3)14-8-23-9-15(20)17(14)22/h4-5,7,14-15,17,20,22H,6,8-9H2,1-3H3/t14-,15-,17+/m1/s1. The van der Waals surface area contributed by atoms with Crippen LogP contribution in [0, 0.1) is 13.8 Å². The zero-order valence-electron chi connectivity index (χ0n) is 14.2. The molecular weight excluding hydrogens is 310 g/mol. The number of amides is 1. The summed E-state index contributed by atoms with van der Waals surface area (Å²) < 4.78 is 10.9. The fraction of sp³-hybridized carbons (Fsp3) is 0.500. The molecule has 1 aliphatic rings. The van der Waals surface area contributed by atoms with Gasteiger partial charge in [0.1, 0.15) is 17.8 Å². The highest BCUT2D eigenvalue weighted by Gasteiger charge is 2.35. The molecule has 3 rings (SSSR count). The van der Waals surface area contributed by atoms with Gasteiger partial charge in [-0.25, -0.2) is 0 Å². The number of aliphatic hydroxyl groups is 2. The van der Waals surface area contributed by atoms with Crippen LogP contribution >= 0.6 is 0 Å². The van der Waals surface area contributed by atoms with E-state index in [2.05, 4.69) is 0 Å². The van der Waals surface area contributed by atoms with E-state index >= 15 is 0 Å². The molecule has 3 atom stereocenters. The van der Waals surface area contributed by atoms with Crippen molar-refractivity contribution in [2.24, 2.45) is 0 Å². The summed E-state index contributed by atoms with van der Waals surface area (Å²) in [5.41, 5.74) is 3.83. The van der Waals surface area contributed by atoms with Gasteiger partial charge < -0.3 is 24.3 Å². The SMILES string of the molecule is Cc1ccc2c(CC(=O)N(C)[C@@H]3COC[C@@H](O)[C@H]3O)coc2c1C. The summed E-state index contributed by atoms with van der Waals surface area (Å²) in [6.45, 7) is 4.32. The Bertz CT molecular complexity index is 753. The average molecular weight is 333 g/mol. The van der Waals surface area contributed by atoms with E-state index in [0.717, 1.165) is 27.7 Å². The Balaban J connectivity index is 1.78. The van der Waals surface area contributed by atoms with Crippen molar-refractivity contribution in [3.8, 4) is 0 Å². The van der Waals surface area contributed by atoms with E-state index in [1.54, 1.807) is 13.3 Å². The van der Waals surface area contributed by atoms with E-state index in [0.29, 0.717) is 0 Å². The summed E-state index contributed by atoms with van der Waals surface area (Å²) in [6.07, 6.45) is -0.186. The van der Waals surface area contributed by atoms with Gasteiger partial charge in [0.2, 0.25) is 5.91 Å². The monoisotopic (exact) mass is 333 g/mol. The zero-order chi connectivity index (χ0) is 17.4. The van der Waals surface area contributed by atoms with Crippen LogP contribution < -0.4 is 0 Å². The first-order chi connectivity index (χ1) is 11.4. The lowest BCUT2D eigenvalue weighted by Gasteiger charge is -2.37. The highest BCUT2D eigenvalue weighted by Crippen LogP contribution is 2.27. The molecular formula is C18H23NO5. The molecule has 0 spiro atoms. The Kier molecular flexibility index (Phi) is 4.62.